The first-order valence-corrected chi connectivity index (χ1v) is 8.13. The van der Waals surface area contributed by atoms with Gasteiger partial charge in [0.15, 0.2) is 0 Å². The van der Waals surface area contributed by atoms with Crippen LogP contribution in [0.3, 0.4) is 0 Å². The van der Waals surface area contributed by atoms with E-state index in [4.69, 9.17) is 16.7 Å². The van der Waals surface area contributed by atoms with Crippen molar-refractivity contribution in [2.24, 2.45) is 5.92 Å². The van der Waals surface area contributed by atoms with Crippen LogP contribution in [0.5, 0.6) is 0 Å². The van der Waals surface area contributed by atoms with Gasteiger partial charge in [-0.2, -0.15) is 0 Å². The van der Waals surface area contributed by atoms with Crippen molar-refractivity contribution in [1.29, 1.82) is 0 Å². The minimum Gasteiger partial charge on any atom is -0.481 e. The van der Waals surface area contributed by atoms with Crippen LogP contribution in [0, 0.1) is 5.92 Å². The van der Waals surface area contributed by atoms with Gasteiger partial charge in [0.2, 0.25) is 5.91 Å². The van der Waals surface area contributed by atoms with Gasteiger partial charge >= 0.3 is 5.97 Å². The van der Waals surface area contributed by atoms with Crippen molar-refractivity contribution in [3.05, 3.63) is 34.9 Å². The van der Waals surface area contributed by atoms with Crippen LogP contribution < -0.4 is 0 Å². The molecule has 1 saturated heterocycles. The monoisotopic (exact) mass is 341 g/mol. The molecule has 0 saturated carbocycles. The van der Waals surface area contributed by atoms with Crippen LogP contribution in [0.15, 0.2) is 24.3 Å². The summed E-state index contributed by atoms with van der Waals surface area (Å²) >= 11 is 6.09. The van der Waals surface area contributed by atoms with E-state index in [1.807, 2.05) is 0 Å². The van der Waals surface area contributed by atoms with Crippen molar-refractivity contribution >= 4 is 23.5 Å². The van der Waals surface area contributed by atoms with Gasteiger partial charge in [-0.15, -0.1) is 0 Å². The number of carboxylic acid groups (broad SMARTS) is 1. The number of halogens is 2. The zero-order chi connectivity index (χ0) is 17.0. The average Bonchev–Trinajstić information content (AvgIpc) is 2.47. The van der Waals surface area contributed by atoms with Crippen molar-refractivity contribution in [1.82, 2.24) is 4.90 Å². The Hall–Kier alpha value is -1.62. The fourth-order valence-electron chi connectivity index (χ4n) is 3.00. The molecule has 1 unspecified atom stereocenters. The molecule has 23 heavy (non-hydrogen) atoms. The van der Waals surface area contributed by atoms with E-state index in [2.05, 4.69) is 0 Å². The summed E-state index contributed by atoms with van der Waals surface area (Å²) in [5.74, 6) is -1.24. The minimum absolute atomic E-state index is 0.0355. The number of amides is 1. The predicted molar refractivity (Wildman–Crippen MR) is 86.1 cm³/mol. The van der Waals surface area contributed by atoms with E-state index in [9.17, 15) is 9.59 Å². The summed E-state index contributed by atoms with van der Waals surface area (Å²) < 4.78 is 15.1. The molecule has 1 aliphatic heterocycles. The van der Waals surface area contributed by atoms with E-state index in [0.717, 1.165) is 0 Å². The Kier molecular flexibility index (Phi) is 5.63. The van der Waals surface area contributed by atoms with Gasteiger partial charge in [-0.1, -0.05) is 36.7 Å². The van der Waals surface area contributed by atoms with Crippen molar-refractivity contribution in [2.75, 3.05) is 13.1 Å². The molecule has 1 amide bonds. The van der Waals surface area contributed by atoms with Crippen molar-refractivity contribution in [3.8, 4) is 0 Å². The van der Waals surface area contributed by atoms with Crippen molar-refractivity contribution < 1.29 is 19.1 Å². The van der Waals surface area contributed by atoms with Crippen molar-refractivity contribution in [3.63, 3.8) is 0 Å². The Bertz CT molecular complexity index is 585. The lowest BCUT2D eigenvalue weighted by molar-refractivity contribution is -0.139. The van der Waals surface area contributed by atoms with Crippen LogP contribution >= 0.6 is 11.6 Å². The molecule has 1 N–H and O–H groups in total. The summed E-state index contributed by atoms with van der Waals surface area (Å²) in [7, 11) is 0. The van der Waals surface area contributed by atoms with Crippen LogP contribution in [0.4, 0.5) is 4.39 Å². The van der Waals surface area contributed by atoms with Crippen LogP contribution in [0.1, 0.15) is 38.2 Å². The highest BCUT2D eigenvalue weighted by molar-refractivity contribution is 6.31. The Balaban J connectivity index is 1.94. The molecule has 1 atom stereocenters. The lowest BCUT2D eigenvalue weighted by Gasteiger charge is -2.37. The molecule has 6 heteroatoms. The molecule has 1 aliphatic rings. The SMILES string of the molecule is CC(CC(=O)O)CC(=O)N1CCC(F)(c2ccccc2Cl)CC1. The molecule has 0 bridgehead atoms. The molecule has 0 spiro atoms. The van der Waals surface area contributed by atoms with E-state index in [1.54, 1.807) is 36.1 Å². The van der Waals surface area contributed by atoms with Crippen molar-refractivity contribution in [2.45, 2.75) is 38.3 Å². The summed E-state index contributed by atoms with van der Waals surface area (Å²) in [6.45, 7) is 2.37. The van der Waals surface area contributed by atoms with E-state index in [1.165, 1.54) is 0 Å². The van der Waals surface area contributed by atoms with Gasteiger partial charge in [0.05, 0.1) is 0 Å². The number of hydrogen-bond donors (Lipinski definition) is 1. The number of aliphatic carboxylic acids is 1. The Labute approximate surface area is 140 Å². The molecule has 1 aromatic carbocycles. The number of rotatable bonds is 5. The zero-order valence-electron chi connectivity index (χ0n) is 13.1. The Morgan fingerprint density at radius 2 is 1.91 bits per heavy atom. The normalized spacial score (nSPS) is 18.5. The highest BCUT2D eigenvalue weighted by Crippen LogP contribution is 2.40. The second-order valence-corrected chi connectivity index (χ2v) is 6.64. The van der Waals surface area contributed by atoms with Gasteiger partial charge in [-0.05, 0) is 12.0 Å². The summed E-state index contributed by atoms with van der Waals surface area (Å²) in [6, 6.07) is 6.88. The molecular formula is C17H21ClFNO3. The van der Waals surface area contributed by atoms with E-state index < -0.39 is 11.6 Å². The largest absolute Gasteiger partial charge is 0.481 e. The number of piperidine rings is 1. The van der Waals surface area contributed by atoms with Gasteiger partial charge < -0.3 is 10.0 Å². The fourth-order valence-corrected chi connectivity index (χ4v) is 3.31. The molecule has 0 aliphatic carbocycles. The Morgan fingerprint density at radius 3 is 2.48 bits per heavy atom. The van der Waals surface area contributed by atoms with Gasteiger partial charge in [-0.3, -0.25) is 9.59 Å². The fraction of sp³-hybridized carbons (Fsp3) is 0.529. The summed E-state index contributed by atoms with van der Waals surface area (Å²) in [4.78, 5) is 24.5. The molecule has 1 aromatic rings. The predicted octanol–water partition coefficient (Wildman–Crippen LogP) is 3.63. The molecule has 1 heterocycles. The number of hydrogen-bond acceptors (Lipinski definition) is 2. The number of carboxylic acids is 1. The van der Waals surface area contributed by atoms with E-state index in [-0.39, 0.29) is 37.5 Å². The second kappa shape index (κ2) is 7.30. The minimum atomic E-state index is -1.51. The third-order valence-corrected chi connectivity index (χ3v) is 4.64. The smallest absolute Gasteiger partial charge is 0.303 e. The van der Waals surface area contributed by atoms with E-state index in [0.29, 0.717) is 23.7 Å². The average molecular weight is 342 g/mol. The number of likely N-dealkylation sites (tertiary alicyclic amines) is 1. The number of benzene rings is 1. The highest BCUT2D eigenvalue weighted by Gasteiger charge is 2.38. The quantitative estimate of drug-likeness (QED) is 0.889. The summed E-state index contributed by atoms with van der Waals surface area (Å²) in [6.07, 6.45) is 0.551. The maximum atomic E-state index is 15.1. The zero-order valence-corrected chi connectivity index (χ0v) is 13.9. The molecule has 1 fully saturated rings. The molecule has 0 aromatic heterocycles. The first-order chi connectivity index (χ1) is 10.8. The standard InChI is InChI=1S/C17H21ClFNO3/c1-12(11-16(22)23)10-15(21)20-8-6-17(19,7-9-20)13-4-2-3-5-14(13)18/h2-5,12H,6-11H2,1H3,(H,22,23). The summed E-state index contributed by atoms with van der Waals surface area (Å²) in [5, 5.41) is 9.15. The maximum absolute atomic E-state index is 15.1. The maximum Gasteiger partial charge on any atom is 0.303 e. The molecule has 2 rings (SSSR count). The van der Waals surface area contributed by atoms with Crippen LogP contribution in [0.2, 0.25) is 5.02 Å². The third-order valence-electron chi connectivity index (χ3n) is 4.31. The van der Waals surface area contributed by atoms with E-state index >= 15 is 4.39 Å². The lowest BCUT2D eigenvalue weighted by Crippen LogP contribution is -2.43. The van der Waals surface area contributed by atoms with Crippen LogP contribution in [0.25, 0.3) is 0 Å². The van der Waals surface area contributed by atoms with Gasteiger partial charge in [0.1, 0.15) is 5.67 Å². The first-order valence-electron chi connectivity index (χ1n) is 7.75. The highest BCUT2D eigenvalue weighted by atomic mass is 35.5. The summed E-state index contributed by atoms with van der Waals surface area (Å²) in [5.41, 5.74) is -1.03. The molecule has 4 nitrogen and oxygen atoms in total. The second-order valence-electron chi connectivity index (χ2n) is 6.23. The van der Waals surface area contributed by atoms with Gasteiger partial charge in [0, 0.05) is 49.4 Å². The molecular weight excluding hydrogens is 321 g/mol. The topological polar surface area (TPSA) is 57.6 Å². The van der Waals surface area contributed by atoms with Gasteiger partial charge in [-0.25, -0.2) is 4.39 Å². The van der Waals surface area contributed by atoms with Crippen LogP contribution in [-0.2, 0) is 15.3 Å². The Morgan fingerprint density at radius 1 is 1.30 bits per heavy atom. The van der Waals surface area contributed by atoms with Crippen LogP contribution in [-0.4, -0.2) is 35.0 Å². The third kappa shape index (κ3) is 4.44. The lowest BCUT2D eigenvalue weighted by atomic mass is 9.86. The molecule has 0 radical (unpaired) electrons. The number of carbonyl (C=O) groups is 2. The number of alkyl halides is 1. The van der Waals surface area contributed by atoms with Gasteiger partial charge in [0.25, 0.3) is 0 Å². The number of carbonyl (C=O) groups excluding carboxylic acids is 1. The number of nitrogens with zero attached hydrogens (tertiary/aromatic N) is 1. The molecule has 126 valence electrons. The first kappa shape index (κ1) is 17.7.